The van der Waals surface area contributed by atoms with E-state index in [0.29, 0.717) is 18.7 Å². The first-order chi connectivity index (χ1) is 11.3. The fourth-order valence-electron chi connectivity index (χ4n) is 1.90. The second-order valence-electron chi connectivity index (χ2n) is 5.39. The average Bonchev–Trinajstić information content (AvgIpc) is 3.34. The molecule has 0 unspecified atom stereocenters. The molecule has 1 aliphatic carbocycles. The van der Waals surface area contributed by atoms with E-state index in [9.17, 15) is 18.0 Å². The van der Waals surface area contributed by atoms with Crippen LogP contribution in [-0.4, -0.2) is 31.3 Å². The molecule has 1 aliphatic rings. The van der Waals surface area contributed by atoms with Gasteiger partial charge in [-0.05, 0) is 30.5 Å². The molecule has 6 nitrogen and oxygen atoms in total. The highest BCUT2D eigenvalue weighted by molar-refractivity contribution is 5.81. The third kappa shape index (κ3) is 6.76. The molecule has 1 amide bonds. The second kappa shape index (κ2) is 7.89. The first-order valence-electron chi connectivity index (χ1n) is 7.50. The highest BCUT2D eigenvalue weighted by Gasteiger charge is 2.31. The van der Waals surface area contributed by atoms with Gasteiger partial charge in [-0.2, -0.15) is 0 Å². The quantitative estimate of drug-likeness (QED) is 0.397. The molecule has 1 aromatic carbocycles. The van der Waals surface area contributed by atoms with Crippen molar-refractivity contribution in [1.82, 2.24) is 10.6 Å². The number of amides is 1. The molecule has 9 heteroatoms. The van der Waals surface area contributed by atoms with Crippen molar-refractivity contribution >= 4 is 11.9 Å². The van der Waals surface area contributed by atoms with Crippen LogP contribution < -0.4 is 21.1 Å². The van der Waals surface area contributed by atoms with Gasteiger partial charge in [0.15, 0.2) is 5.96 Å². The van der Waals surface area contributed by atoms with E-state index in [0.717, 1.165) is 12.8 Å². The van der Waals surface area contributed by atoms with E-state index in [-0.39, 0.29) is 30.1 Å². The number of alkyl halides is 3. The molecule has 0 radical (unpaired) electrons. The molecule has 0 spiro atoms. The van der Waals surface area contributed by atoms with Gasteiger partial charge in [0.2, 0.25) is 5.91 Å². The van der Waals surface area contributed by atoms with Gasteiger partial charge < -0.3 is 21.1 Å². The van der Waals surface area contributed by atoms with Crippen LogP contribution >= 0.6 is 0 Å². The number of ether oxygens (including phenoxy) is 1. The summed E-state index contributed by atoms with van der Waals surface area (Å²) in [4.78, 5) is 15.5. The summed E-state index contributed by atoms with van der Waals surface area (Å²) in [5, 5.41) is 5.63. The summed E-state index contributed by atoms with van der Waals surface area (Å²) < 4.78 is 39.9. The van der Waals surface area contributed by atoms with Crippen molar-refractivity contribution in [2.75, 3.05) is 13.1 Å². The van der Waals surface area contributed by atoms with E-state index in [4.69, 9.17) is 5.73 Å². The van der Waals surface area contributed by atoms with E-state index < -0.39 is 6.36 Å². The zero-order valence-electron chi connectivity index (χ0n) is 12.9. The smallest absolute Gasteiger partial charge is 0.406 e. The van der Waals surface area contributed by atoms with Gasteiger partial charge in [0.05, 0.1) is 6.54 Å². The summed E-state index contributed by atoms with van der Waals surface area (Å²) >= 11 is 0. The van der Waals surface area contributed by atoms with Crippen molar-refractivity contribution in [2.24, 2.45) is 16.6 Å². The summed E-state index contributed by atoms with van der Waals surface area (Å²) in [5.41, 5.74) is 6.37. The highest BCUT2D eigenvalue weighted by atomic mass is 19.4. The minimum absolute atomic E-state index is 0.0634. The SMILES string of the molecule is NC(=NCc1ccc(OC(F)(F)F)cc1)NCCNC(=O)C1CC1. The summed E-state index contributed by atoms with van der Waals surface area (Å²) in [5.74, 6) is 0.146. The zero-order valence-corrected chi connectivity index (χ0v) is 12.9. The maximum Gasteiger partial charge on any atom is 0.573 e. The number of benzene rings is 1. The molecule has 2 rings (SSSR count). The van der Waals surface area contributed by atoms with Crippen LogP contribution in [0, 0.1) is 5.92 Å². The molecular formula is C15H19F3N4O2. The molecule has 0 atom stereocenters. The second-order valence-corrected chi connectivity index (χ2v) is 5.39. The lowest BCUT2D eigenvalue weighted by Gasteiger charge is -2.09. The maximum absolute atomic E-state index is 12.0. The van der Waals surface area contributed by atoms with Crippen LogP contribution in [0.25, 0.3) is 0 Å². The number of nitrogens with one attached hydrogen (secondary N) is 2. The first-order valence-corrected chi connectivity index (χ1v) is 7.50. The molecule has 1 fully saturated rings. The molecule has 4 N–H and O–H groups in total. The van der Waals surface area contributed by atoms with Gasteiger partial charge in [0, 0.05) is 19.0 Å². The van der Waals surface area contributed by atoms with E-state index in [1.54, 1.807) is 0 Å². The van der Waals surface area contributed by atoms with Gasteiger partial charge >= 0.3 is 6.36 Å². The van der Waals surface area contributed by atoms with E-state index in [1.165, 1.54) is 24.3 Å². The lowest BCUT2D eigenvalue weighted by atomic mass is 10.2. The number of hydrogen-bond acceptors (Lipinski definition) is 3. The molecule has 0 aliphatic heterocycles. The fraction of sp³-hybridized carbons (Fsp3) is 0.467. The number of hydrogen-bond donors (Lipinski definition) is 3. The van der Waals surface area contributed by atoms with Gasteiger partial charge in [-0.1, -0.05) is 12.1 Å². The van der Waals surface area contributed by atoms with E-state index in [1.807, 2.05) is 0 Å². The number of rotatable bonds is 7. The summed E-state index contributed by atoms with van der Waals surface area (Å²) in [6, 6.07) is 5.40. The number of aliphatic imine (C=N–C) groups is 1. The van der Waals surface area contributed by atoms with Gasteiger partial charge in [0.25, 0.3) is 0 Å². The van der Waals surface area contributed by atoms with Crippen LogP contribution in [0.3, 0.4) is 0 Å². The Morgan fingerprint density at radius 3 is 2.42 bits per heavy atom. The molecule has 1 saturated carbocycles. The number of nitrogens with zero attached hydrogens (tertiary/aromatic N) is 1. The largest absolute Gasteiger partial charge is 0.573 e. The number of carbonyl (C=O) groups is 1. The fourth-order valence-corrected chi connectivity index (χ4v) is 1.90. The van der Waals surface area contributed by atoms with E-state index >= 15 is 0 Å². The normalized spacial score (nSPS) is 15.0. The predicted molar refractivity (Wildman–Crippen MR) is 82.2 cm³/mol. The molecule has 132 valence electrons. The molecule has 0 heterocycles. The maximum atomic E-state index is 12.0. The Kier molecular flexibility index (Phi) is 5.88. The van der Waals surface area contributed by atoms with Crippen molar-refractivity contribution in [3.63, 3.8) is 0 Å². The van der Waals surface area contributed by atoms with Gasteiger partial charge in [-0.15, -0.1) is 13.2 Å². The van der Waals surface area contributed by atoms with Crippen LogP contribution in [0.2, 0.25) is 0 Å². The molecule has 24 heavy (non-hydrogen) atoms. The summed E-state index contributed by atoms with van der Waals surface area (Å²) in [7, 11) is 0. The lowest BCUT2D eigenvalue weighted by molar-refractivity contribution is -0.274. The van der Waals surface area contributed by atoms with Crippen molar-refractivity contribution in [1.29, 1.82) is 0 Å². The van der Waals surface area contributed by atoms with Crippen LogP contribution in [0.5, 0.6) is 5.75 Å². The molecule has 1 aromatic rings. The Labute approximate surface area is 137 Å². The van der Waals surface area contributed by atoms with Crippen molar-refractivity contribution in [3.05, 3.63) is 29.8 Å². The third-order valence-corrected chi connectivity index (χ3v) is 3.27. The first kappa shape index (κ1) is 17.9. The van der Waals surface area contributed by atoms with Gasteiger partial charge in [-0.3, -0.25) is 4.79 Å². The zero-order chi connectivity index (χ0) is 17.6. The monoisotopic (exact) mass is 344 g/mol. The Morgan fingerprint density at radius 1 is 1.21 bits per heavy atom. The molecular weight excluding hydrogens is 325 g/mol. The van der Waals surface area contributed by atoms with Crippen LogP contribution in [0.15, 0.2) is 29.3 Å². The Morgan fingerprint density at radius 2 is 1.83 bits per heavy atom. The standard InChI is InChI=1S/C15H19F3N4O2/c16-15(17,18)24-12-5-1-10(2-6-12)9-22-14(19)21-8-7-20-13(23)11-3-4-11/h1-2,5-6,11H,3-4,7-9H2,(H,20,23)(H3,19,21,22). The minimum Gasteiger partial charge on any atom is -0.406 e. The topological polar surface area (TPSA) is 88.7 Å². The number of halogens is 3. The number of nitrogens with two attached hydrogens (primary N) is 1. The molecule has 0 aromatic heterocycles. The van der Waals surface area contributed by atoms with Crippen molar-refractivity contribution in [2.45, 2.75) is 25.7 Å². The van der Waals surface area contributed by atoms with E-state index in [2.05, 4.69) is 20.4 Å². The highest BCUT2D eigenvalue weighted by Crippen LogP contribution is 2.28. The van der Waals surface area contributed by atoms with Crippen molar-refractivity contribution in [3.8, 4) is 5.75 Å². The van der Waals surface area contributed by atoms with Crippen LogP contribution in [-0.2, 0) is 11.3 Å². The summed E-state index contributed by atoms with van der Waals surface area (Å²) in [6.45, 7) is 1.13. The van der Waals surface area contributed by atoms with Crippen molar-refractivity contribution < 1.29 is 22.7 Å². The third-order valence-electron chi connectivity index (χ3n) is 3.27. The Bertz CT molecular complexity index is 583. The minimum atomic E-state index is -4.71. The summed E-state index contributed by atoms with van der Waals surface area (Å²) in [6.07, 6.45) is -2.80. The number of carbonyl (C=O) groups excluding carboxylic acids is 1. The van der Waals surface area contributed by atoms with Gasteiger partial charge in [-0.25, -0.2) is 4.99 Å². The average molecular weight is 344 g/mol. The molecule has 0 saturated heterocycles. The predicted octanol–water partition coefficient (Wildman–Crippen LogP) is 1.52. The number of guanidine groups is 1. The van der Waals surface area contributed by atoms with Crippen LogP contribution in [0.4, 0.5) is 13.2 Å². The Hall–Kier alpha value is -2.45. The lowest BCUT2D eigenvalue weighted by Crippen LogP contribution is -2.38. The van der Waals surface area contributed by atoms with Crippen LogP contribution in [0.1, 0.15) is 18.4 Å². The molecule has 0 bridgehead atoms. The van der Waals surface area contributed by atoms with Gasteiger partial charge in [0.1, 0.15) is 5.75 Å². The Balaban J connectivity index is 1.68.